The van der Waals surface area contributed by atoms with Crippen LogP contribution in [0.5, 0.6) is 5.75 Å². The fourth-order valence-corrected chi connectivity index (χ4v) is 1.75. The van der Waals surface area contributed by atoms with Crippen LogP contribution in [0.4, 0.5) is 0 Å². The highest BCUT2D eigenvalue weighted by atomic mass is 16.4. The fourth-order valence-electron chi connectivity index (χ4n) is 1.75. The number of carboxylic acid groups (broad SMARTS) is 1. The molecule has 1 unspecified atom stereocenters. The first-order valence-corrected chi connectivity index (χ1v) is 5.79. The largest absolute Gasteiger partial charge is 0.507 e. The first-order valence-electron chi connectivity index (χ1n) is 5.79. The van der Waals surface area contributed by atoms with Crippen molar-refractivity contribution in [3.63, 3.8) is 0 Å². The minimum absolute atomic E-state index is 0.0163. The number of amides is 1. The summed E-state index contributed by atoms with van der Waals surface area (Å²) in [5.41, 5.74) is 0.367. The van der Waals surface area contributed by atoms with Crippen LogP contribution in [0.2, 0.25) is 0 Å². The van der Waals surface area contributed by atoms with E-state index in [2.05, 4.69) is 10.4 Å². The Morgan fingerprint density at radius 2 is 2.05 bits per heavy atom. The Bertz CT molecular complexity index is 651. The summed E-state index contributed by atoms with van der Waals surface area (Å²) in [6.45, 7) is 0. The van der Waals surface area contributed by atoms with Crippen molar-refractivity contribution >= 4 is 11.9 Å². The zero-order valence-corrected chi connectivity index (χ0v) is 10.6. The Morgan fingerprint density at radius 3 is 2.60 bits per heavy atom. The molecule has 0 saturated heterocycles. The molecule has 7 heteroatoms. The second-order valence-corrected chi connectivity index (χ2v) is 4.21. The van der Waals surface area contributed by atoms with E-state index in [9.17, 15) is 19.8 Å². The highest BCUT2D eigenvalue weighted by Gasteiger charge is 2.24. The van der Waals surface area contributed by atoms with Crippen molar-refractivity contribution < 1.29 is 19.8 Å². The number of phenols is 1. The van der Waals surface area contributed by atoms with Gasteiger partial charge in [0.25, 0.3) is 5.91 Å². The van der Waals surface area contributed by atoms with Gasteiger partial charge < -0.3 is 15.5 Å². The molecule has 7 nitrogen and oxygen atoms in total. The van der Waals surface area contributed by atoms with Crippen LogP contribution in [0, 0.1) is 0 Å². The highest BCUT2D eigenvalue weighted by molar-refractivity contribution is 5.98. The molecule has 0 spiro atoms. The molecule has 3 N–H and O–H groups in total. The molecule has 20 heavy (non-hydrogen) atoms. The monoisotopic (exact) mass is 275 g/mol. The van der Waals surface area contributed by atoms with Crippen LogP contribution in [-0.2, 0) is 11.8 Å². The predicted molar refractivity (Wildman–Crippen MR) is 69.2 cm³/mol. The Morgan fingerprint density at radius 1 is 1.35 bits per heavy atom. The van der Waals surface area contributed by atoms with E-state index in [1.165, 1.54) is 29.2 Å². The lowest BCUT2D eigenvalue weighted by Crippen LogP contribution is -2.33. The highest BCUT2D eigenvalue weighted by Crippen LogP contribution is 2.18. The van der Waals surface area contributed by atoms with Gasteiger partial charge in [-0.2, -0.15) is 5.10 Å². The minimum atomic E-state index is -1.23. The molecule has 0 aliphatic heterocycles. The molecule has 0 fully saturated rings. The van der Waals surface area contributed by atoms with E-state index in [1.54, 1.807) is 19.2 Å². The van der Waals surface area contributed by atoms with Gasteiger partial charge >= 0.3 is 5.97 Å². The summed E-state index contributed by atoms with van der Waals surface area (Å²) in [6.07, 6.45) is 2.87. The molecule has 0 radical (unpaired) electrons. The van der Waals surface area contributed by atoms with Crippen molar-refractivity contribution in [2.45, 2.75) is 6.04 Å². The lowest BCUT2D eigenvalue weighted by molar-refractivity contribution is -0.139. The Kier molecular flexibility index (Phi) is 3.69. The maximum absolute atomic E-state index is 12.0. The number of carboxylic acids is 1. The van der Waals surface area contributed by atoms with Gasteiger partial charge in [-0.25, -0.2) is 4.79 Å². The fraction of sp³-hybridized carbons (Fsp3) is 0.154. The van der Waals surface area contributed by atoms with Gasteiger partial charge in [-0.05, 0) is 12.1 Å². The summed E-state index contributed by atoms with van der Waals surface area (Å²) >= 11 is 0. The van der Waals surface area contributed by atoms with Crippen molar-refractivity contribution in [1.29, 1.82) is 0 Å². The molecule has 2 aromatic rings. The van der Waals surface area contributed by atoms with Crippen LogP contribution >= 0.6 is 0 Å². The third-order valence-corrected chi connectivity index (χ3v) is 2.73. The molecule has 1 atom stereocenters. The lowest BCUT2D eigenvalue weighted by Gasteiger charge is -2.13. The third kappa shape index (κ3) is 2.77. The van der Waals surface area contributed by atoms with Gasteiger partial charge in [0.15, 0.2) is 6.04 Å². The van der Waals surface area contributed by atoms with Gasteiger partial charge in [0.2, 0.25) is 0 Å². The smallest absolute Gasteiger partial charge is 0.331 e. The van der Waals surface area contributed by atoms with Crippen molar-refractivity contribution in [1.82, 2.24) is 15.1 Å². The number of aryl methyl sites for hydroxylation is 1. The van der Waals surface area contributed by atoms with Crippen LogP contribution in [0.1, 0.15) is 22.0 Å². The van der Waals surface area contributed by atoms with Gasteiger partial charge in [0.05, 0.1) is 11.8 Å². The number of rotatable bonds is 4. The maximum Gasteiger partial charge on any atom is 0.331 e. The summed E-state index contributed by atoms with van der Waals surface area (Å²) in [5.74, 6) is -2.08. The van der Waals surface area contributed by atoms with Gasteiger partial charge in [-0.3, -0.25) is 9.48 Å². The molecule has 1 aromatic carbocycles. The second kappa shape index (κ2) is 5.43. The molecule has 0 aliphatic carbocycles. The Labute approximate surface area is 114 Å². The molecule has 0 bridgehead atoms. The number of hydrogen-bond donors (Lipinski definition) is 3. The van der Waals surface area contributed by atoms with Crippen molar-refractivity contribution in [2.24, 2.45) is 7.05 Å². The second-order valence-electron chi connectivity index (χ2n) is 4.21. The van der Waals surface area contributed by atoms with E-state index in [-0.39, 0.29) is 11.3 Å². The third-order valence-electron chi connectivity index (χ3n) is 2.73. The van der Waals surface area contributed by atoms with E-state index in [4.69, 9.17) is 0 Å². The van der Waals surface area contributed by atoms with Crippen LogP contribution in [-0.4, -0.2) is 31.9 Å². The predicted octanol–water partition coefficient (Wildman–Crippen LogP) is 0.681. The molecular weight excluding hydrogens is 262 g/mol. The number of carbonyl (C=O) groups is 2. The average molecular weight is 275 g/mol. The SMILES string of the molecule is Cn1cc(C(NC(=O)c2ccccc2O)C(=O)O)cn1. The Hall–Kier alpha value is -2.83. The summed E-state index contributed by atoms with van der Waals surface area (Å²) < 4.78 is 1.44. The standard InChI is InChI=1S/C13H13N3O4/c1-16-7-8(6-14-16)11(13(19)20)15-12(18)9-4-2-3-5-10(9)17/h2-7,11,17H,1H3,(H,15,18)(H,19,20). The van der Waals surface area contributed by atoms with Gasteiger partial charge in [-0.15, -0.1) is 0 Å². The molecule has 1 amide bonds. The number of nitrogens with one attached hydrogen (secondary N) is 1. The average Bonchev–Trinajstić information content (AvgIpc) is 2.82. The molecule has 1 aromatic heterocycles. The summed E-state index contributed by atoms with van der Waals surface area (Å²) in [7, 11) is 1.65. The van der Waals surface area contributed by atoms with Gasteiger partial charge in [-0.1, -0.05) is 12.1 Å². The number of carbonyl (C=O) groups excluding carboxylic acids is 1. The normalized spacial score (nSPS) is 11.8. The molecule has 104 valence electrons. The van der Waals surface area contributed by atoms with Crippen LogP contribution in [0.3, 0.4) is 0 Å². The van der Waals surface area contributed by atoms with Crippen molar-refractivity contribution in [3.05, 3.63) is 47.8 Å². The quantitative estimate of drug-likeness (QED) is 0.761. The summed E-state index contributed by atoms with van der Waals surface area (Å²) in [5, 5.41) is 25.0. The van der Waals surface area contributed by atoms with Gasteiger partial charge in [0, 0.05) is 18.8 Å². The van der Waals surface area contributed by atoms with Crippen LogP contribution < -0.4 is 5.32 Å². The topological polar surface area (TPSA) is 104 Å². The number of hydrogen-bond acceptors (Lipinski definition) is 4. The number of benzene rings is 1. The summed E-state index contributed by atoms with van der Waals surface area (Å²) in [4.78, 5) is 23.2. The maximum atomic E-state index is 12.0. The molecule has 0 saturated carbocycles. The molecular formula is C13H13N3O4. The lowest BCUT2D eigenvalue weighted by atomic mass is 10.1. The first-order chi connectivity index (χ1) is 9.49. The van der Waals surface area contributed by atoms with E-state index < -0.39 is 17.9 Å². The summed E-state index contributed by atoms with van der Waals surface area (Å²) in [6, 6.07) is 4.69. The minimum Gasteiger partial charge on any atom is -0.507 e. The zero-order valence-electron chi connectivity index (χ0n) is 10.6. The molecule has 2 rings (SSSR count). The Balaban J connectivity index is 2.23. The van der Waals surface area contributed by atoms with E-state index in [1.807, 2.05) is 0 Å². The number of nitrogens with zero attached hydrogens (tertiary/aromatic N) is 2. The number of aliphatic carboxylic acids is 1. The van der Waals surface area contributed by atoms with Crippen molar-refractivity contribution in [2.75, 3.05) is 0 Å². The van der Waals surface area contributed by atoms with Gasteiger partial charge in [0.1, 0.15) is 5.75 Å². The van der Waals surface area contributed by atoms with Crippen LogP contribution in [0.15, 0.2) is 36.7 Å². The number of para-hydroxylation sites is 1. The zero-order chi connectivity index (χ0) is 14.7. The number of phenolic OH excluding ortho intramolecular Hbond substituents is 1. The van der Waals surface area contributed by atoms with E-state index in [0.717, 1.165) is 0 Å². The number of aromatic hydroxyl groups is 1. The van der Waals surface area contributed by atoms with Crippen molar-refractivity contribution in [3.8, 4) is 5.75 Å². The van der Waals surface area contributed by atoms with E-state index >= 15 is 0 Å². The number of aromatic nitrogens is 2. The first kappa shape index (κ1) is 13.6. The molecule has 0 aliphatic rings. The molecule has 1 heterocycles. The van der Waals surface area contributed by atoms with Crippen LogP contribution in [0.25, 0.3) is 0 Å². The van der Waals surface area contributed by atoms with E-state index in [0.29, 0.717) is 5.56 Å².